The number of hydrogen-bond acceptors (Lipinski definition) is 5. The molecule has 0 spiro atoms. The number of carboxylic acid groups (broad SMARTS) is 1. The highest BCUT2D eigenvalue weighted by Gasteiger charge is 2.34. The van der Waals surface area contributed by atoms with Crippen LogP contribution in [0.1, 0.15) is 37.4 Å². The summed E-state index contributed by atoms with van der Waals surface area (Å²) in [6, 6.07) is 9.78. The van der Waals surface area contributed by atoms with E-state index < -0.39 is 12.0 Å². The number of nitrogens with one attached hydrogen (secondary N) is 1. The van der Waals surface area contributed by atoms with Crippen LogP contribution in [0.2, 0.25) is 0 Å². The molecule has 2 N–H and O–H groups in total. The van der Waals surface area contributed by atoms with E-state index in [4.69, 9.17) is 14.2 Å². The number of ether oxygens (including phenoxy) is 3. The van der Waals surface area contributed by atoms with Gasteiger partial charge in [-0.1, -0.05) is 12.1 Å². The zero-order chi connectivity index (χ0) is 22.4. The van der Waals surface area contributed by atoms with Crippen LogP contribution in [0, 0.1) is 0 Å². The molecule has 0 saturated heterocycles. The molecule has 0 radical (unpaired) electrons. The maximum absolute atomic E-state index is 13.1. The molecule has 0 aliphatic carbocycles. The van der Waals surface area contributed by atoms with Crippen LogP contribution < -0.4 is 19.5 Å². The zero-order valence-corrected chi connectivity index (χ0v) is 18.0. The largest absolute Gasteiger partial charge is 0.495 e. The summed E-state index contributed by atoms with van der Waals surface area (Å²) in [5.41, 5.74) is 2.24. The van der Waals surface area contributed by atoms with Gasteiger partial charge >= 0.3 is 12.0 Å². The van der Waals surface area contributed by atoms with Crippen molar-refractivity contribution in [3.05, 3.63) is 47.5 Å². The third-order valence-electron chi connectivity index (χ3n) is 5.14. The SMILES string of the molecule is CCOc1cc2c(cc1OCC)[C@@H](CC(=O)O)N(C(=O)Nc1ccccc1OC)CC2. The van der Waals surface area contributed by atoms with E-state index in [0.717, 1.165) is 11.1 Å². The van der Waals surface area contributed by atoms with Gasteiger partial charge in [-0.05, 0) is 55.7 Å². The number of urea groups is 1. The second-order valence-corrected chi connectivity index (χ2v) is 7.05. The van der Waals surface area contributed by atoms with Crippen molar-refractivity contribution in [1.82, 2.24) is 4.90 Å². The van der Waals surface area contributed by atoms with Crippen LogP contribution in [0.3, 0.4) is 0 Å². The Morgan fingerprint density at radius 1 is 1.10 bits per heavy atom. The maximum atomic E-state index is 13.1. The van der Waals surface area contributed by atoms with Gasteiger partial charge < -0.3 is 29.5 Å². The van der Waals surface area contributed by atoms with Gasteiger partial charge in [0.15, 0.2) is 11.5 Å². The fourth-order valence-electron chi connectivity index (χ4n) is 3.81. The first kappa shape index (κ1) is 22.3. The van der Waals surface area contributed by atoms with Crippen LogP contribution in [0.4, 0.5) is 10.5 Å². The summed E-state index contributed by atoms with van der Waals surface area (Å²) < 4.78 is 16.7. The summed E-state index contributed by atoms with van der Waals surface area (Å²) in [4.78, 5) is 26.3. The van der Waals surface area contributed by atoms with Crippen molar-refractivity contribution in [2.45, 2.75) is 32.7 Å². The summed E-state index contributed by atoms with van der Waals surface area (Å²) >= 11 is 0. The molecular weight excluding hydrogens is 400 g/mol. The van der Waals surface area contributed by atoms with Gasteiger partial charge in [0.2, 0.25) is 0 Å². The van der Waals surface area contributed by atoms with Crippen LogP contribution in [0.25, 0.3) is 0 Å². The molecule has 8 nitrogen and oxygen atoms in total. The van der Waals surface area contributed by atoms with E-state index in [0.29, 0.717) is 49.1 Å². The Balaban J connectivity index is 1.95. The molecule has 1 atom stereocenters. The number of aliphatic carboxylic acids is 1. The first-order chi connectivity index (χ1) is 15.0. The Kier molecular flexibility index (Phi) is 7.23. The number of benzene rings is 2. The van der Waals surface area contributed by atoms with Crippen LogP contribution in [0.5, 0.6) is 17.2 Å². The number of anilines is 1. The monoisotopic (exact) mass is 428 g/mol. The number of fused-ring (bicyclic) bond motifs is 1. The van der Waals surface area contributed by atoms with Gasteiger partial charge in [0.05, 0.1) is 38.5 Å². The molecule has 0 aromatic heterocycles. The Morgan fingerprint density at radius 3 is 2.42 bits per heavy atom. The smallest absolute Gasteiger partial charge is 0.322 e. The minimum atomic E-state index is -0.986. The predicted octanol–water partition coefficient (Wildman–Crippen LogP) is 4.10. The third kappa shape index (κ3) is 5.02. The molecule has 2 amide bonds. The molecule has 0 bridgehead atoms. The first-order valence-electron chi connectivity index (χ1n) is 10.3. The average Bonchev–Trinajstić information content (AvgIpc) is 2.75. The minimum absolute atomic E-state index is 0.216. The van der Waals surface area contributed by atoms with E-state index in [2.05, 4.69) is 5.32 Å². The lowest BCUT2D eigenvalue weighted by atomic mass is 9.90. The quantitative estimate of drug-likeness (QED) is 0.657. The second-order valence-electron chi connectivity index (χ2n) is 7.05. The van der Waals surface area contributed by atoms with Crippen molar-refractivity contribution in [2.75, 3.05) is 32.2 Å². The lowest BCUT2D eigenvalue weighted by Crippen LogP contribution is -2.43. The molecule has 1 aliphatic rings. The molecule has 31 heavy (non-hydrogen) atoms. The van der Waals surface area contributed by atoms with Gasteiger partial charge in [-0.25, -0.2) is 4.79 Å². The molecule has 3 rings (SSSR count). The zero-order valence-electron chi connectivity index (χ0n) is 18.0. The molecule has 1 heterocycles. The van der Waals surface area contributed by atoms with E-state index in [-0.39, 0.29) is 12.5 Å². The van der Waals surface area contributed by atoms with E-state index in [1.54, 1.807) is 29.2 Å². The van der Waals surface area contributed by atoms with Crippen LogP contribution in [-0.2, 0) is 11.2 Å². The van der Waals surface area contributed by atoms with Crippen LogP contribution in [-0.4, -0.2) is 48.9 Å². The van der Waals surface area contributed by atoms with Gasteiger partial charge in [0, 0.05) is 6.54 Å². The number of rotatable bonds is 8. The normalized spacial score (nSPS) is 15.1. The van der Waals surface area contributed by atoms with E-state index in [9.17, 15) is 14.7 Å². The molecule has 1 aliphatic heterocycles. The fourth-order valence-corrected chi connectivity index (χ4v) is 3.81. The first-order valence-corrected chi connectivity index (χ1v) is 10.3. The molecule has 166 valence electrons. The highest BCUT2D eigenvalue weighted by molar-refractivity contribution is 5.91. The minimum Gasteiger partial charge on any atom is -0.495 e. The standard InChI is InChI=1S/C23H28N2O6/c1-4-30-20-12-15-10-11-25(23(28)24-17-8-6-7-9-19(17)29-3)18(14-22(26)27)16(15)13-21(20)31-5-2/h6-9,12-13,18H,4-5,10-11,14H2,1-3H3,(H,24,28)(H,26,27)/t18-/m1/s1. The van der Waals surface area contributed by atoms with Crippen molar-refractivity contribution in [1.29, 1.82) is 0 Å². The van der Waals surface area contributed by atoms with Gasteiger partial charge in [-0.3, -0.25) is 4.79 Å². The number of carbonyl (C=O) groups is 2. The second kappa shape index (κ2) is 10.1. The van der Waals surface area contributed by atoms with Crippen molar-refractivity contribution in [3.63, 3.8) is 0 Å². The number of methoxy groups -OCH3 is 1. The number of nitrogens with zero attached hydrogens (tertiary/aromatic N) is 1. The maximum Gasteiger partial charge on any atom is 0.322 e. The van der Waals surface area contributed by atoms with Gasteiger partial charge in [-0.15, -0.1) is 0 Å². The molecule has 0 unspecified atom stereocenters. The highest BCUT2D eigenvalue weighted by atomic mass is 16.5. The molecule has 2 aromatic carbocycles. The van der Waals surface area contributed by atoms with E-state index in [1.807, 2.05) is 26.0 Å². The molecule has 8 heteroatoms. The molecule has 0 saturated carbocycles. The van der Waals surface area contributed by atoms with Gasteiger partial charge in [0.1, 0.15) is 5.75 Å². The third-order valence-corrected chi connectivity index (χ3v) is 5.14. The van der Waals surface area contributed by atoms with E-state index >= 15 is 0 Å². The highest BCUT2D eigenvalue weighted by Crippen LogP contribution is 2.40. The van der Waals surface area contributed by atoms with Crippen LogP contribution in [0.15, 0.2) is 36.4 Å². The predicted molar refractivity (Wildman–Crippen MR) is 116 cm³/mol. The number of carboxylic acids is 1. The summed E-state index contributed by atoms with van der Waals surface area (Å²) in [6.07, 6.45) is 0.364. The summed E-state index contributed by atoms with van der Waals surface area (Å²) in [6.45, 7) is 5.08. The Morgan fingerprint density at radius 2 is 1.77 bits per heavy atom. The summed E-state index contributed by atoms with van der Waals surface area (Å²) in [5.74, 6) is 0.720. The lowest BCUT2D eigenvalue weighted by molar-refractivity contribution is -0.138. The van der Waals surface area contributed by atoms with Gasteiger partial charge in [-0.2, -0.15) is 0 Å². The topological polar surface area (TPSA) is 97.3 Å². The molecular formula is C23H28N2O6. The number of carbonyl (C=O) groups excluding carboxylic acids is 1. The number of amides is 2. The fraction of sp³-hybridized carbons (Fsp3) is 0.391. The Bertz CT molecular complexity index is 946. The van der Waals surface area contributed by atoms with Crippen molar-refractivity contribution >= 4 is 17.7 Å². The lowest BCUT2D eigenvalue weighted by Gasteiger charge is -2.37. The molecule has 2 aromatic rings. The average molecular weight is 428 g/mol. The molecule has 0 fully saturated rings. The number of para-hydroxylation sites is 2. The van der Waals surface area contributed by atoms with Crippen molar-refractivity contribution in [3.8, 4) is 17.2 Å². The van der Waals surface area contributed by atoms with Gasteiger partial charge in [0.25, 0.3) is 0 Å². The van der Waals surface area contributed by atoms with E-state index in [1.165, 1.54) is 7.11 Å². The van der Waals surface area contributed by atoms with Crippen LogP contribution >= 0.6 is 0 Å². The Hall–Kier alpha value is -3.42. The Labute approximate surface area is 181 Å². The number of hydrogen-bond donors (Lipinski definition) is 2. The van der Waals surface area contributed by atoms with Crippen molar-refractivity contribution in [2.24, 2.45) is 0 Å². The summed E-state index contributed by atoms with van der Waals surface area (Å²) in [5, 5.41) is 12.4. The summed E-state index contributed by atoms with van der Waals surface area (Å²) in [7, 11) is 1.53. The van der Waals surface area contributed by atoms with Crippen molar-refractivity contribution < 1.29 is 28.9 Å².